The van der Waals surface area contributed by atoms with E-state index < -0.39 is 37.3 Å². The van der Waals surface area contributed by atoms with Gasteiger partial charge in [0.05, 0.1) is 15.9 Å². The quantitative estimate of drug-likeness (QED) is 0.639. The summed E-state index contributed by atoms with van der Waals surface area (Å²) in [6.07, 6.45) is -4.16. The highest BCUT2D eigenvalue weighted by molar-refractivity contribution is 7.92. The lowest BCUT2D eigenvalue weighted by molar-refractivity contribution is -0.192. The number of fused-ring (bicyclic) bond motifs is 1. The predicted octanol–water partition coefficient (Wildman–Crippen LogP) is 2.54. The summed E-state index contributed by atoms with van der Waals surface area (Å²) in [5.74, 6) is -2.14. The average molecular weight is 529 g/mol. The van der Waals surface area contributed by atoms with E-state index in [0.29, 0.717) is 31.8 Å². The number of alkyl halides is 3. The smallest absolute Gasteiger partial charge is 0.475 e. The molecule has 0 radical (unpaired) electrons. The van der Waals surface area contributed by atoms with Crippen molar-refractivity contribution in [3.05, 3.63) is 29.8 Å². The van der Waals surface area contributed by atoms with Gasteiger partial charge in [-0.1, -0.05) is 26.0 Å². The summed E-state index contributed by atoms with van der Waals surface area (Å²) in [4.78, 5) is 11.4. The molecule has 0 unspecified atom stereocenters. The highest BCUT2D eigenvalue weighted by Gasteiger charge is 2.44. The molecule has 2 heterocycles. The highest BCUT2D eigenvalue weighted by Crippen LogP contribution is 2.30. The summed E-state index contributed by atoms with van der Waals surface area (Å²) >= 11 is 0. The van der Waals surface area contributed by atoms with Crippen molar-refractivity contribution in [2.24, 2.45) is 5.92 Å². The van der Waals surface area contributed by atoms with Gasteiger partial charge in [-0.25, -0.2) is 21.6 Å². The summed E-state index contributed by atoms with van der Waals surface area (Å²) in [6, 6.07) is 6.81. The summed E-state index contributed by atoms with van der Waals surface area (Å²) in [5, 5.41) is 6.66. The number of nitrogens with zero attached hydrogens (tertiary/aromatic N) is 2. The molecule has 0 aliphatic carbocycles. The van der Waals surface area contributed by atoms with Crippen LogP contribution in [0.25, 0.3) is 0 Å². The molecular weight excluding hydrogens is 497 g/mol. The summed E-state index contributed by atoms with van der Waals surface area (Å²) in [6.45, 7) is 8.14. The van der Waals surface area contributed by atoms with Crippen molar-refractivity contribution >= 4 is 25.8 Å². The number of hydrogen-bond donors (Lipinski definition) is 1. The van der Waals surface area contributed by atoms with E-state index in [0.717, 1.165) is 12.1 Å². The standard InChI is InChI=1S/C19H30N2O4S2.C2HF3O2/c1-15(2)14-20-11-12-26(22,23)19-8-10-21(9-7-18(19)20)27(24,25)17-6-4-5-16(3)13-17;3-2(4,5)1(6)7/h4-6,13,15,18-19H,7-12,14H2,1-3H3;(H,6,7)/t18-,19+;/m0./s1. The van der Waals surface area contributed by atoms with Gasteiger partial charge in [-0.3, -0.25) is 4.90 Å². The Labute approximate surface area is 198 Å². The maximum atomic E-state index is 13.1. The van der Waals surface area contributed by atoms with E-state index in [1.165, 1.54) is 4.31 Å². The van der Waals surface area contributed by atoms with Crippen molar-refractivity contribution < 1.29 is 39.9 Å². The fourth-order valence-electron chi connectivity index (χ4n) is 4.30. The SMILES string of the molecule is Cc1cccc(S(=O)(=O)N2CC[C@@H]3[C@H](CC2)N(CC(C)C)CCS3(=O)=O)c1.O=C(O)C(F)(F)F. The number of sulfonamides is 1. The Morgan fingerprint density at radius 1 is 1.18 bits per heavy atom. The number of sulfone groups is 1. The Bertz CT molecular complexity index is 1070. The molecular formula is C21H31F3N2O6S2. The lowest BCUT2D eigenvalue weighted by Crippen LogP contribution is -2.55. The van der Waals surface area contributed by atoms with Crippen LogP contribution in [-0.2, 0) is 24.7 Å². The Morgan fingerprint density at radius 2 is 1.76 bits per heavy atom. The molecule has 0 spiro atoms. The van der Waals surface area contributed by atoms with Crippen molar-refractivity contribution in [3.8, 4) is 0 Å². The van der Waals surface area contributed by atoms with Gasteiger partial charge in [-0.05, 0) is 43.4 Å². The van der Waals surface area contributed by atoms with Crippen molar-refractivity contribution in [1.82, 2.24) is 9.21 Å². The molecule has 2 saturated heterocycles. The van der Waals surface area contributed by atoms with E-state index in [4.69, 9.17) is 9.90 Å². The number of hydrogen-bond acceptors (Lipinski definition) is 6. The molecule has 2 aliphatic heterocycles. The molecule has 2 aliphatic rings. The zero-order valence-electron chi connectivity index (χ0n) is 19.3. The van der Waals surface area contributed by atoms with Crippen LogP contribution in [0.3, 0.4) is 0 Å². The molecule has 0 bridgehead atoms. The number of carboxylic acids is 1. The first-order valence-corrected chi connectivity index (χ1v) is 14.0. The Hall–Kier alpha value is -1.70. The zero-order chi connectivity index (χ0) is 25.9. The number of rotatable bonds is 4. The third-order valence-electron chi connectivity index (χ3n) is 5.83. The van der Waals surface area contributed by atoms with E-state index in [1.807, 2.05) is 13.0 Å². The molecule has 2 atom stereocenters. The molecule has 3 rings (SSSR count). The van der Waals surface area contributed by atoms with Gasteiger partial charge in [0.15, 0.2) is 9.84 Å². The van der Waals surface area contributed by atoms with Crippen molar-refractivity contribution in [1.29, 1.82) is 0 Å². The van der Waals surface area contributed by atoms with E-state index in [-0.39, 0.29) is 23.2 Å². The van der Waals surface area contributed by atoms with Gasteiger partial charge in [0.1, 0.15) is 0 Å². The number of aliphatic carboxylic acids is 1. The number of benzene rings is 1. The second kappa shape index (κ2) is 10.9. The minimum atomic E-state index is -5.08. The molecule has 13 heteroatoms. The first-order chi connectivity index (χ1) is 15.6. The molecule has 34 heavy (non-hydrogen) atoms. The Morgan fingerprint density at radius 3 is 2.29 bits per heavy atom. The van der Waals surface area contributed by atoms with E-state index in [2.05, 4.69) is 18.7 Å². The van der Waals surface area contributed by atoms with Crippen molar-refractivity contribution in [2.45, 2.75) is 56.0 Å². The zero-order valence-corrected chi connectivity index (χ0v) is 21.0. The molecule has 0 saturated carbocycles. The third kappa shape index (κ3) is 7.15. The first-order valence-electron chi connectivity index (χ1n) is 10.9. The van der Waals surface area contributed by atoms with Gasteiger partial charge in [0.25, 0.3) is 0 Å². The topological polar surface area (TPSA) is 112 Å². The van der Waals surface area contributed by atoms with Crippen molar-refractivity contribution in [2.75, 3.05) is 31.9 Å². The van der Waals surface area contributed by atoms with Crippen LogP contribution in [0.1, 0.15) is 32.3 Å². The Kier molecular flexibility index (Phi) is 9.16. The second-order valence-corrected chi connectivity index (χ2v) is 13.2. The maximum absolute atomic E-state index is 13.1. The Balaban J connectivity index is 0.000000509. The summed E-state index contributed by atoms with van der Waals surface area (Å²) in [7, 11) is -6.79. The van der Waals surface area contributed by atoms with Crippen LogP contribution < -0.4 is 0 Å². The van der Waals surface area contributed by atoms with Gasteiger partial charge in [0.2, 0.25) is 10.0 Å². The fourth-order valence-corrected chi connectivity index (χ4v) is 7.91. The maximum Gasteiger partial charge on any atom is 0.490 e. The normalized spacial score (nSPS) is 24.0. The summed E-state index contributed by atoms with van der Waals surface area (Å²) in [5.41, 5.74) is 0.894. The van der Waals surface area contributed by atoms with E-state index in [1.54, 1.807) is 18.2 Å². The molecule has 1 aromatic rings. The number of aryl methyl sites for hydroxylation is 1. The van der Waals surface area contributed by atoms with Gasteiger partial charge < -0.3 is 5.11 Å². The molecule has 194 valence electrons. The fraction of sp³-hybridized carbons (Fsp3) is 0.667. The van der Waals surface area contributed by atoms with Crippen LogP contribution in [0, 0.1) is 12.8 Å². The van der Waals surface area contributed by atoms with E-state index >= 15 is 0 Å². The van der Waals surface area contributed by atoms with Crippen LogP contribution in [0.2, 0.25) is 0 Å². The molecule has 1 N–H and O–H groups in total. The lowest BCUT2D eigenvalue weighted by atomic mass is 10.0. The lowest BCUT2D eigenvalue weighted by Gasteiger charge is -2.40. The van der Waals surface area contributed by atoms with Crippen LogP contribution in [0.4, 0.5) is 13.2 Å². The molecule has 2 fully saturated rings. The van der Waals surface area contributed by atoms with Crippen LogP contribution in [0.15, 0.2) is 29.2 Å². The minimum absolute atomic E-state index is 0.0936. The number of carbonyl (C=O) groups is 1. The van der Waals surface area contributed by atoms with Gasteiger partial charge in [-0.2, -0.15) is 17.5 Å². The molecule has 8 nitrogen and oxygen atoms in total. The monoisotopic (exact) mass is 528 g/mol. The van der Waals surface area contributed by atoms with Gasteiger partial charge >= 0.3 is 12.1 Å². The number of carboxylic acid groups (broad SMARTS) is 1. The third-order valence-corrected chi connectivity index (χ3v) is 9.95. The van der Waals surface area contributed by atoms with Crippen LogP contribution >= 0.6 is 0 Å². The molecule has 1 aromatic carbocycles. The average Bonchev–Trinajstić information content (AvgIpc) is 2.95. The summed E-state index contributed by atoms with van der Waals surface area (Å²) < 4.78 is 84.7. The van der Waals surface area contributed by atoms with Gasteiger partial charge in [-0.15, -0.1) is 0 Å². The predicted molar refractivity (Wildman–Crippen MR) is 121 cm³/mol. The molecule has 0 amide bonds. The highest BCUT2D eigenvalue weighted by atomic mass is 32.2. The second-order valence-electron chi connectivity index (χ2n) is 8.96. The molecule has 0 aromatic heterocycles. The minimum Gasteiger partial charge on any atom is -0.475 e. The van der Waals surface area contributed by atoms with E-state index in [9.17, 15) is 30.0 Å². The largest absolute Gasteiger partial charge is 0.490 e. The van der Waals surface area contributed by atoms with Crippen LogP contribution in [0.5, 0.6) is 0 Å². The van der Waals surface area contributed by atoms with Crippen LogP contribution in [-0.4, -0.2) is 86.5 Å². The van der Waals surface area contributed by atoms with Gasteiger partial charge in [0, 0.05) is 32.2 Å². The number of halogens is 3. The first kappa shape index (κ1) is 28.5. The van der Waals surface area contributed by atoms with Crippen molar-refractivity contribution in [3.63, 3.8) is 0 Å².